The van der Waals surface area contributed by atoms with Crippen LogP contribution in [-0.2, 0) is 24.9 Å². The highest BCUT2D eigenvalue weighted by Gasteiger charge is 2.47. The summed E-state index contributed by atoms with van der Waals surface area (Å²) in [6, 6.07) is 7.46. The summed E-state index contributed by atoms with van der Waals surface area (Å²) in [6.45, 7) is 9.95. The molecule has 7 nitrogen and oxygen atoms in total. The molecular formula is C32H49F3O7Si. The van der Waals surface area contributed by atoms with Crippen molar-refractivity contribution in [1.82, 2.24) is 0 Å². The van der Waals surface area contributed by atoms with Crippen LogP contribution in [0.15, 0.2) is 36.4 Å². The fourth-order valence-corrected chi connectivity index (χ4v) is 8.82. The molecule has 2 unspecified atom stereocenters. The van der Waals surface area contributed by atoms with E-state index in [0.717, 1.165) is 36.7 Å². The van der Waals surface area contributed by atoms with E-state index in [1.807, 2.05) is 26.0 Å². The van der Waals surface area contributed by atoms with E-state index in [1.165, 1.54) is 12.1 Å². The van der Waals surface area contributed by atoms with Crippen molar-refractivity contribution in [2.24, 2.45) is 11.8 Å². The van der Waals surface area contributed by atoms with Crippen LogP contribution in [0.2, 0.25) is 18.1 Å². The Morgan fingerprint density at radius 3 is 2.44 bits per heavy atom. The fourth-order valence-electron chi connectivity index (χ4n) is 6.03. The molecular weight excluding hydrogens is 581 g/mol. The van der Waals surface area contributed by atoms with Crippen LogP contribution in [0, 0.1) is 11.8 Å². The molecule has 2 fully saturated rings. The Morgan fingerprint density at radius 2 is 1.81 bits per heavy atom. The zero-order chi connectivity index (χ0) is 31.8. The average molecular weight is 631 g/mol. The molecule has 3 rings (SSSR count). The lowest BCUT2D eigenvalue weighted by Crippen LogP contribution is -2.41. The van der Waals surface area contributed by atoms with E-state index < -0.39 is 38.4 Å². The van der Waals surface area contributed by atoms with E-state index in [-0.39, 0.29) is 54.9 Å². The third-order valence-electron chi connectivity index (χ3n) is 8.80. The van der Waals surface area contributed by atoms with Crippen LogP contribution in [0.25, 0.3) is 0 Å². The lowest BCUT2D eigenvalue weighted by molar-refractivity contribution is -0.147. The molecule has 7 atom stereocenters. The van der Waals surface area contributed by atoms with Gasteiger partial charge in [0.15, 0.2) is 8.32 Å². The van der Waals surface area contributed by atoms with Crippen LogP contribution >= 0.6 is 0 Å². The van der Waals surface area contributed by atoms with Crippen LogP contribution in [0.4, 0.5) is 13.2 Å². The normalized spacial score (nSPS) is 26.7. The summed E-state index contributed by atoms with van der Waals surface area (Å²) in [6.07, 6.45) is -0.304. The van der Waals surface area contributed by atoms with Gasteiger partial charge in [0.2, 0.25) is 0 Å². The number of aliphatic hydroxyl groups is 2. The molecule has 0 bridgehead atoms. The average Bonchev–Trinajstić information content (AvgIpc) is 3.63. The lowest BCUT2D eigenvalue weighted by atomic mass is 9.88. The highest BCUT2D eigenvalue weighted by atomic mass is 28.4. The van der Waals surface area contributed by atoms with Crippen LogP contribution in [0.3, 0.4) is 0 Å². The topological polar surface area (TPSA) is 97.8 Å². The Morgan fingerprint density at radius 1 is 1.12 bits per heavy atom. The number of esters is 1. The first-order valence-electron chi connectivity index (χ1n) is 15.7. The summed E-state index contributed by atoms with van der Waals surface area (Å²) in [5, 5.41) is 21.6. The summed E-state index contributed by atoms with van der Waals surface area (Å²) in [7, 11) is -2.12. The smallest absolute Gasteiger partial charge is 0.416 e. The zero-order valence-electron chi connectivity index (χ0n) is 26.0. The zero-order valence-corrected chi connectivity index (χ0v) is 27.0. The summed E-state index contributed by atoms with van der Waals surface area (Å²) in [5.74, 6) is -0.664. The number of epoxide rings is 1. The Hall–Kier alpha value is -1.92. The van der Waals surface area contributed by atoms with Gasteiger partial charge in [0.05, 0.1) is 42.2 Å². The van der Waals surface area contributed by atoms with E-state index in [9.17, 15) is 28.2 Å². The van der Waals surface area contributed by atoms with Gasteiger partial charge in [0, 0.05) is 18.8 Å². The van der Waals surface area contributed by atoms with Crippen molar-refractivity contribution < 1.29 is 46.8 Å². The van der Waals surface area contributed by atoms with Crippen molar-refractivity contribution in [1.29, 1.82) is 0 Å². The summed E-state index contributed by atoms with van der Waals surface area (Å²) < 4.78 is 63.2. The lowest BCUT2D eigenvalue weighted by Gasteiger charge is -2.32. The van der Waals surface area contributed by atoms with Gasteiger partial charge in [-0.1, -0.05) is 39.0 Å². The number of hydrogen-bond donors (Lipinski definition) is 2. The maximum atomic E-state index is 13.2. The maximum absolute atomic E-state index is 13.2. The number of halogens is 3. The number of aliphatic hydroxyl groups excluding tert-OH is 2. The van der Waals surface area contributed by atoms with E-state index in [0.29, 0.717) is 19.3 Å². The van der Waals surface area contributed by atoms with Crippen LogP contribution in [-0.4, -0.2) is 67.7 Å². The second kappa shape index (κ2) is 15.9. The van der Waals surface area contributed by atoms with E-state index >= 15 is 0 Å². The predicted octanol–water partition coefficient (Wildman–Crippen LogP) is 6.67. The molecule has 1 aromatic rings. The van der Waals surface area contributed by atoms with Crippen molar-refractivity contribution in [2.75, 3.05) is 6.61 Å². The standard InChI is InChI=1S/C32H49F3O7Si/c1-6-43(7-2,8-3)42-24(20-39-23-12-9-11-22(17-23)32(33,34)35)15-16-25-26(28(37)19-27(25)36)18-30-29(41-30)13-10-14-31(38)40-21(4)5/h9,11-12,15-17,21,24-30,36-37H,6-8,10,13-14,18-20H2,1-5H3/b16-15+/t24-,25-,26-,27-,28+,29?,30?/m1/s1. The fraction of sp³-hybridized carbons (Fsp3) is 0.719. The number of rotatable bonds is 17. The van der Waals surface area contributed by atoms with Crippen molar-refractivity contribution in [2.45, 2.75) is 128 Å². The minimum absolute atomic E-state index is 0.0173. The molecule has 244 valence electrons. The van der Waals surface area contributed by atoms with Gasteiger partial charge in [0.1, 0.15) is 12.4 Å². The number of benzene rings is 1. The van der Waals surface area contributed by atoms with Crippen molar-refractivity contribution in [3.63, 3.8) is 0 Å². The van der Waals surface area contributed by atoms with Gasteiger partial charge in [-0.2, -0.15) is 13.2 Å². The third-order valence-corrected chi connectivity index (χ3v) is 13.5. The Labute approximate surface area is 254 Å². The van der Waals surface area contributed by atoms with Gasteiger partial charge in [-0.25, -0.2) is 0 Å². The number of hydrogen-bond acceptors (Lipinski definition) is 7. The molecule has 0 spiro atoms. The molecule has 1 aromatic carbocycles. The van der Waals surface area contributed by atoms with Gasteiger partial charge in [-0.05, 0) is 75.4 Å². The molecule has 1 saturated carbocycles. The van der Waals surface area contributed by atoms with Gasteiger partial charge >= 0.3 is 12.1 Å². The SMILES string of the molecule is CC[Si](CC)(CC)O[C@H](/C=C/[C@@H]1[C@@H](CC2OC2CCCC(=O)OC(C)C)[C@@H](O)C[C@H]1O)COc1cccc(C(F)(F)F)c1. The predicted molar refractivity (Wildman–Crippen MR) is 160 cm³/mol. The number of ether oxygens (including phenoxy) is 3. The van der Waals surface area contributed by atoms with E-state index in [1.54, 1.807) is 0 Å². The first-order chi connectivity index (χ1) is 20.3. The maximum Gasteiger partial charge on any atom is 0.416 e. The first-order valence-corrected chi connectivity index (χ1v) is 18.2. The van der Waals surface area contributed by atoms with Gasteiger partial charge in [-0.15, -0.1) is 0 Å². The molecule has 2 N–H and O–H groups in total. The van der Waals surface area contributed by atoms with Crippen LogP contribution in [0.1, 0.15) is 72.3 Å². The van der Waals surface area contributed by atoms with Crippen LogP contribution in [0.5, 0.6) is 5.75 Å². The summed E-state index contributed by atoms with van der Waals surface area (Å²) in [5.41, 5.74) is -0.778. The number of alkyl halides is 3. The van der Waals surface area contributed by atoms with Gasteiger partial charge in [-0.3, -0.25) is 4.79 Å². The minimum Gasteiger partial charge on any atom is -0.491 e. The van der Waals surface area contributed by atoms with Crippen molar-refractivity contribution >= 4 is 14.3 Å². The Bertz CT molecular complexity index is 1040. The molecule has 1 aliphatic heterocycles. The highest BCUT2D eigenvalue weighted by molar-refractivity contribution is 6.73. The quantitative estimate of drug-likeness (QED) is 0.0859. The monoisotopic (exact) mass is 630 g/mol. The molecule has 2 aliphatic rings. The molecule has 1 heterocycles. The van der Waals surface area contributed by atoms with Gasteiger partial charge in [0.25, 0.3) is 0 Å². The minimum atomic E-state index is -4.47. The number of carbonyl (C=O) groups is 1. The molecule has 0 aromatic heterocycles. The molecule has 43 heavy (non-hydrogen) atoms. The largest absolute Gasteiger partial charge is 0.491 e. The summed E-state index contributed by atoms with van der Waals surface area (Å²) >= 11 is 0. The van der Waals surface area contributed by atoms with E-state index in [4.69, 9.17) is 18.6 Å². The van der Waals surface area contributed by atoms with Gasteiger partial charge < -0.3 is 28.8 Å². The number of carbonyl (C=O) groups excluding carboxylic acids is 1. The van der Waals surface area contributed by atoms with E-state index in [2.05, 4.69) is 20.8 Å². The molecule has 1 saturated heterocycles. The molecule has 0 amide bonds. The highest BCUT2D eigenvalue weighted by Crippen LogP contribution is 2.42. The Kier molecular flexibility index (Phi) is 13.1. The first kappa shape index (κ1) is 35.6. The van der Waals surface area contributed by atoms with Crippen molar-refractivity contribution in [3.8, 4) is 5.75 Å². The third kappa shape index (κ3) is 10.6. The molecule has 11 heteroatoms. The summed E-state index contributed by atoms with van der Waals surface area (Å²) in [4.78, 5) is 11.8. The second-order valence-corrected chi connectivity index (χ2v) is 16.8. The Balaban J connectivity index is 1.66. The molecule has 0 radical (unpaired) electrons. The van der Waals surface area contributed by atoms with Crippen LogP contribution < -0.4 is 4.74 Å². The van der Waals surface area contributed by atoms with Crippen molar-refractivity contribution in [3.05, 3.63) is 42.0 Å². The molecule has 1 aliphatic carbocycles. The second-order valence-electron chi connectivity index (χ2n) is 12.1.